The van der Waals surface area contributed by atoms with Crippen LogP contribution in [0.3, 0.4) is 0 Å². The number of nitrogens with zero attached hydrogens (tertiary/aromatic N) is 1. The molecule has 1 unspecified atom stereocenters. The van der Waals surface area contributed by atoms with Gasteiger partial charge in [0.15, 0.2) is 0 Å². The molecule has 0 heterocycles. The first-order chi connectivity index (χ1) is 8.29. The average Bonchev–Trinajstić information content (AvgIpc) is 2.40. The van der Waals surface area contributed by atoms with E-state index in [1.165, 1.54) is 0 Å². The van der Waals surface area contributed by atoms with Gasteiger partial charge in [-0.15, -0.1) is 0 Å². The quantitative estimate of drug-likeness (QED) is 0.788. The van der Waals surface area contributed by atoms with Gasteiger partial charge in [0.25, 0.3) is 0 Å². The molecule has 0 fully saturated rings. The number of hydrogen-bond donors (Lipinski definition) is 1. The summed E-state index contributed by atoms with van der Waals surface area (Å²) in [5.41, 5.74) is 1.26. The Labute approximate surface area is 101 Å². The largest absolute Gasteiger partial charge is 0.326 e. The van der Waals surface area contributed by atoms with E-state index >= 15 is 0 Å². The van der Waals surface area contributed by atoms with Gasteiger partial charge in [-0.25, -0.2) is 0 Å². The zero-order chi connectivity index (χ0) is 12.1. The van der Waals surface area contributed by atoms with Gasteiger partial charge in [-0.05, 0) is 37.5 Å². The Bertz CT molecular complexity index is 485. The molecule has 17 heavy (non-hydrogen) atoms. The molecule has 0 aliphatic heterocycles. The number of anilines is 1. The van der Waals surface area contributed by atoms with E-state index in [0.717, 1.165) is 19.3 Å². The fourth-order valence-corrected chi connectivity index (χ4v) is 1.94. The maximum absolute atomic E-state index is 11.9. The summed E-state index contributed by atoms with van der Waals surface area (Å²) < 4.78 is 0. The number of rotatable bonds is 2. The highest BCUT2D eigenvalue weighted by Gasteiger charge is 2.18. The summed E-state index contributed by atoms with van der Waals surface area (Å²) in [6.07, 6.45) is 6.85. The number of nitrogens with one attached hydrogen (secondary N) is 1. The molecule has 3 heteroatoms. The number of carbonyl (C=O) groups excluding carboxylic acids is 1. The molecule has 0 bridgehead atoms. The number of benzene rings is 1. The van der Waals surface area contributed by atoms with Gasteiger partial charge in [-0.3, -0.25) is 4.79 Å². The lowest BCUT2D eigenvalue weighted by molar-refractivity contribution is -0.120. The van der Waals surface area contributed by atoms with Gasteiger partial charge in [0.1, 0.15) is 0 Å². The second-order valence-corrected chi connectivity index (χ2v) is 4.16. The highest BCUT2D eigenvalue weighted by Crippen LogP contribution is 2.20. The zero-order valence-electron chi connectivity index (χ0n) is 9.52. The van der Waals surface area contributed by atoms with Gasteiger partial charge in [-0.1, -0.05) is 18.2 Å². The van der Waals surface area contributed by atoms with Crippen LogP contribution in [0.15, 0.2) is 36.4 Å². The minimum absolute atomic E-state index is 0.0458. The molecule has 1 atom stereocenters. The van der Waals surface area contributed by atoms with Crippen LogP contribution in [-0.4, -0.2) is 5.91 Å². The van der Waals surface area contributed by atoms with Crippen molar-refractivity contribution in [2.45, 2.75) is 19.3 Å². The standard InChI is InChI=1S/C14H14N2O/c15-10-11-5-4-8-13(9-11)16-14(17)12-6-2-1-3-7-12/h1-2,4-5,8-9,12H,3,6-7H2,(H,16,17). The van der Waals surface area contributed by atoms with Crippen molar-refractivity contribution in [3.8, 4) is 6.07 Å². The molecule has 3 nitrogen and oxygen atoms in total. The first-order valence-electron chi connectivity index (χ1n) is 5.75. The lowest BCUT2D eigenvalue weighted by Crippen LogP contribution is -2.23. The van der Waals surface area contributed by atoms with Crippen LogP contribution >= 0.6 is 0 Å². The van der Waals surface area contributed by atoms with Crippen molar-refractivity contribution in [3.63, 3.8) is 0 Å². The monoisotopic (exact) mass is 226 g/mol. The number of carbonyl (C=O) groups is 1. The van der Waals surface area contributed by atoms with Crippen LogP contribution in [0.1, 0.15) is 24.8 Å². The maximum atomic E-state index is 11.9. The van der Waals surface area contributed by atoms with E-state index in [9.17, 15) is 4.79 Å². The fourth-order valence-electron chi connectivity index (χ4n) is 1.94. The second kappa shape index (κ2) is 5.31. The van der Waals surface area contributed by atoms with Gasteiger partial charge >= 0.3 is 0 Å². The van der Waals surface area contributed by atoms with Crippen molar-refractivity contribution in [1.82, 2.24) is 0 Å². The highest BCUT2D eigenvalue weighted by atomic mass is 16.1. The lowest BCUT2D eigenvalue weighted by atomic mass is 9.93. The molecule has 1 amide bonds. The summed E-state index contributed by atoms with van der Waals surface area (Å²) in [6.45, 7) is 0. The average molecular weight is 226 g/mol. The molecule has 2 rings (SSSR count). The molecule has 0 aromatic heterocycles. The fraction of sp³-hybridized carbons (Fsp3) is 0.286. The highest BCUT2D eigenvalue weighted by molar-refractivity contribution is 5.92. The summed E-state index contributed by atoms with van der Waals surface area (Å²) in [5, 5.41) is 11.6. The molecule has 86 valence electrons. The topological polar surface area (TPSA) is 52.9 Å². The molecule has 1 aromatic carbocycles. The summed E-state index contributed by atoms with van der Waals surface area (Å²) >= 11 is 0. The number of amides is 1. The minimum Gasteiger partial charge on any atom is -0.326 e. The molecular weight excluding hydrogens is 212 g/mol. The molecule has 0 saturated heterocycles. The van der Waals surface area contributed by atoms with Crippen molar-refractivity contribution < 1.29 is 4.79 Å². The van der Waals surface area contributed by atoms with Crippen LogP contribution in [0.25, 0.3) is 0 Å². The van der Waals surface area contributed by atoms with E-state index in [4.69, 9.17) is 5.26 Å². The van der Waals surface area contributed by atoms with Crippen LogP contribution in [0.2, 0.25) is 0 Å². The normalized spacial score (nSPS) is 18.4. The predicted octanol–water partition coefficient (Wildman–Crippen LogP) is 2.85. The molecule has 1 N–H and O–H groups in total. The van der Waals surface area contributed by atoms with Crippen LogP contribution in [0.4, 0.5) is 5.69 Å². The van der Waals surface area contributed by atoms with Crippen LogP contribution in [-0.2, 0) is 4.79 Å². The third-order valence-electron chi connectivity index (χ3n) is 2.90. The van der Waals surface area contributed by atoms with Crippen LogP contribution in [0.5, 0.6) is 0 Å². The SMILES string of the molecule is N#Cc1cccc(NC(=O)C2CC=CCC2)c1. The third-order valence-corrected chi connectivity index (χ3v) is 2.90. The Hall–Kier alpha value is -2.08. The van der Waals surface area contributed by atoms with Crippen molar-refractivity contribution in [2.24, 2.45) is 5.92 Å². The Morgan fingerprint density at radius 3 is 3.00 bits per heavy atom. The Balaban J connectivity index is 2.02. The Morgan fingerprint density at radius 2 is 2.29 bits per heavy atom. The summed E-state index contributed by atoms with van der Waals surface area (Å²) in [6, 6.07) is 9.05. The summed E-state index contributed by atoms with van der Waals surface area (Å²) in [4.78, 5) is 11.9. The van der Waals surface area contributed by atoms with E-state index in [2.05, 4.69) is 23.5 Å². The number of allylic oxidation sites excluding steroid dienone is 2. The van der Waals surface area contributed by atoms with Gasteiger partial charge in [0.05, 0.1) is 11.6 Å². The van der Waals surface area contributed by atoms with Gasteiger partial charge in [0.2, 0.25) is 5.91 Å². The Kier molecular flexibility index (Phi) is 3.56. The van der Waals surface area contributed by atoms with Crippen LogP contribution < -0.4 is 5.32 Å². The van der Waals surface area contributed by atoms with Gasteiger partial charge in [0, 0.05) is 11.6 Å². The first-order valence-corrected chi connectivity index (χ1v) is 5.75. The molecule has 0 saturated carbocycles. The van der Waals surface area contributed by atoms with Crippen LogP contribution in [0, 0.1) is 17.2 Å². The van der Waals surface area contributed by atoms with E-state index in [0.29, 0.717) is 11.3 Å². The van der Waals surface area contributed by atoms with Gasteiger partial charge < -0.3 is 5.32 Å². The number of hydrogen-bond acceptors (Lipinski definition) is 2. The summed E-state index contributed by atoms with van der Waals surface area (Å²) in [5.74, 6) is 0.107. The van der Waals surface area contributed by atoms with E-state index < -0.39 is 0 Å². The van der Waals surface area contributed by atoms with Crippen molar-refractivity contribution in [2.75, 3.05) is 5.32 Å². The van der Waals surface area contributed by atoms with Crippen molar-refractivity contribution in [1.29, 1.82) is 5.26 Å². The van der Waals surface area contributed by atoms with E-state index in [1.54, 1.807) is 24.3 Å². The summed E-state index contributed by atoms with van der Waals surface area (Å²) in [7, 11) is 0. The van der Waals surface area contributed by atoms with Crippen molar-refractivity contribution in [3.05, 3.63) is 42.0 Å². The molecule has 1 aromatic rings. The lowest BCUT2D eigenvalue weighted by Gasteiger charge is -2.17. The zero-order valence-corrected chi connectivity index (χ0v) is 9.52. The molecule has 1 aliphatic rings. The van der Waals surface area contributed by atoms with E-state index in [-0.39, 0.29) is 11.8 Å². The Morgan fingerprint density at radius 1 is 1.41 bits per heavy atom. The molecule has 1 aliphatic carbocycles. The van der Waals surface area contributed by atoms with E-state index in [1.807, 2.05) is 0 Å². The number of nitriles is 1. The molecular formula is C14H14N2O. The maximum Gasteiger partial charge on any atom is 0.227 e. The smallest absolute Gasteiger partial charge is 0.227 e. The minimum atomic E-state index is 0.0458. The first kappa shape index (κ1) is 11.4. The van der Waals surface area contributed by atoms with Crippen molar-refractivity contribution >= 4 is 11.6 Å². The molecule has 0 radical (unpaired) electrons. The predicted molar refractivity (Wildman–Crippen MR) is 66.3 cm³/mol. The van der Waals surface area contributed by atoms with Gasteiger partial charge in [-0.2, -0.15) is 5.26 Å². The molecule has 0 spiro atoms. The third kappa shape index (κ3) is 2.94. The second-order valence-electron chi connectivity index (χ2n) is 4.16.